The third-order valence-electron chi connectivity index (χ3n) is 4.42. The maximum absolute atomic E-state index is 2.33. The van der Waals surface area contributed by atoms with Crippen LogP contribution in [0.1, 0.15) is 12.0 Å². The Hall–Kier alpha value is -1.86. The van der Waals surface area contributed by atoms with Gasteiger partial charge in [0.05, 0.1) is 0 Å². The first kappa shape index (κ1) is 11.9. The summed E-state index contributed by atoms with van der Waals surface area (Å²) in [6.45, 7) is 0. The molecule has 0 nitrogen and oxygen atoms in total. The van der Waals surface area contributed by atoms with Crippen LogP contribution in [0.25, 0.3) is 32.3 Å². The summed E-state index contributed by atoms with van der Waals surface area (Å²) in [5, 5.41) is 8.46. The van der Waals surface area contributed by atoms with Crippen LogP contribution in [0.15, 0.2) is 54.6 Å². The van der Waals surface area contributed by atoms with Crippen molar-refractivity contribution in [2.75, 3.05) is 0 Å². The zero-order valence-electron chi connectivity index (χ0n) is 11.8. The molecule has 0 unspecified atom stereocenters. The molecule has 1 heteroatoms. The Bertz CT molecular complexity index is 876. The molecule has 0 spiro atoms. The van der Waals surface area contributed by atoms with E-state index in [0.29, 0.717) is 0 Å². The molecular formula is C19H18Si. The van der Waals surface area contributed by atoms with Gasteiger partial charge in [-0.25, -0.2) is 0 Å². The molecule has 4 rings (SSSR count). The molecule has 0 amide bonds. The lowest BCUT2D eigenvalue weighted by Gasteiger charge is -2.13. The SMILES string of the molecule is [SiH3]CCCc1ccc2ccc3cccc4ccc1c2c34. The van der Waals surface area contributed by atoms with Crippen LogP contribution in [-0.4, -0.2) is 10.2 Å². The summed E-state index contributed by atoms with van der Waals surface area (Å²) in [6, 6.07) is 21.8. The summed E-state index contributed by atoms with van der Waals surface area (Å²) < 4.78 is 0. The molecule has 0 bridgehead atoms. The van der Waals surface area contributed by atoms with Gasteiger partial charge in [0.25, 0.3) is 0 Å². The van der Waals surface area contributed by atoms with E-state index in [2.05, 4.69) is 54.6 Å². The smallest absolute Gasteiger partial charge is 0.00281 e. The van der Waals surface area contributed by atoms with Crippen molar-refractivity contribution in [1.29, 1.82) is 0 Å². The Labute approximate surface area is 122 Å². The molecule has 0 saturated carbocycles. The zero-order valence-corrected chi connectivity index (χ0v) is 13.8. The van der Waals surface area contributed by atoms with Gasteiger partial charge < -0.3 is 0 Å². The number of hydrogen-bond acceptors (Lipinski definition) is 0. The van der Waals surface area contributed by atoms with Crippen molar-refractivity contribution in [3.05, 3.63) is 60.2 Å². The van der Waals surface area contributed by atoms with E-state index in [1.807, 2.05) is 0 Å². The number of hydrogen-bond donors (Lipinski definition) is 0. The van der Waals surface area contributed by atoms with E-state index in [0.717, 1.165) is 0 Å². The minimum absolute atomic E-state index is 1.22. The highest BCUT2D eigenvalue weighted by atomic mass is 28.1. The number of aryl methyl sites for hydroxylation is 1. The summed E-state index contributed by atoms with van der Waals surface area (Å²) in [5.74, 6) is 0. The van der Waals surface area contributed by atoms with Gasteiger partial charge in [0.2, 0.25) is 0 Å². The van der Waals surface area contributed by atoms with Gasteiger partial charge in [-0.2, -0.15) is 0 Å². The van der Waals surface area contributed by atoms with E-state index in [4.69, 9.17) is 0 Å². The fraction of sp³-hybridized carbons (Fsp3) is 0.158. The van der Waals surface area contributed by atoms with E-state index in [1.54, 1.807) is 0 Å². The summed E-state index contributed by atoms with van der Waals surface area (Å²) in [6.07, 6.45) is 2.55. The Balaban J connectivity index is 2.14. The lowest BCUT2D eigenvalue weighted by molar-refractivity contribution is 0.927. The van der Waals surface area contributed by atoms with Gasteiger partial charge in [0, 0.05) is 10.2 Å². The normalized spacial score (nSPS) is 12.0. The number of benzene rings is 4. The first-order valence-electron chi connectivity index (χ1n) is 7.54. The van der Waals surface area contributed by atoms with Crippen molar-refractivity contribution in [2.45, 2.75) is 18.9 Å². The minimum Gasteiger partial charge on any atom is -0.0655 e. The standard InChI is InChI=1S/C19H18Si/c20-12-2-5-13-6-7-16-9-8-14-3-1-4-15-10-11-17(13)19(16)18(14)15/h1,3-4,6-11H,2,5,12H2,20H3. The molecule has 0 aliphatic heterocycles. The molecule has 0 heterocycles. The van der Waals surface area contributed by atoms with Crippen LogP contribution in [0.4, 0.5) is 0 Å². The largest absolute Gasteiger partial charge is 0.0655 e. The quantitative estimate of drug-likeness (QED) is 0.386. The van der Waals surface area contributed by atoms with Crippen LogP contribution in [0.3, 0.4) is 0 Å². The van der Waals surface area contributed by atoms with Crippen molar-refractivity contribution in [1.82, 2.24) is 0 Å². The van der Waals surface area contributed by atoms with Crippen LogP contribution in [0.5, 0.6) is 0 Å². The predicted octanol–water partition coefficient (Wildman–Crippen LogP) is 4.30. The van der Waals surface area contributed by atoms with Crippen molar-refractivity contribution < 1.29 is 0 Å². The molecule has 0 fully saturated rings. The molecule has 4 aromatic carbocycles. The van der Waals surface area contributed by atoms with Crippen molar-refractivity contribution >= 4 is 42.6 Å². The highest BCUT2D eigenvalue weighted by Gasteiger charge is 2.09. The molecule has 98 valence electrons. The molecule has 0 aliphatic rings. The van der Waals surface area contributed by atoms with Crippen LogP contribution < -0.4 is 0 Å². The Morgan fingerprint density at radius 3 is 2.10 bits per heavy atom. The van der Waals surface area contributed by atoms with Gasteiger partial charge in [0.1, 0.15) is 0 Å². The Morgan fingerprint density at radius 1 is 0.700 bits per heavy atom. The minimum atomic E-state index is 1.22. The highest BCUT2D eigenvalue weighted by molar-refractivity contribution is 6.23. The van der Waals surface area contributed by atoms with E-state index >= 15 is 0 Å². The Morgan fingerprint density at radius 2 is 1.35 bits per heavy atom. The third-order valence-corrected chi connectivity index (χ3v) is 5.13. The molecule has 0 radical (unpaired) electrons. The van der Waals surface area contributed by atoms with Gasteiger partial charge in [-0.3, -0.25) is 0 Å². The van der Waals surface area contributed by atoms with E-state index in [9.17, 15) is 0 Å². The molecule has 4 aromatic rings. The van der Waals surface area contributed by atoms with Crippen LogP contribution in [0.2, 0.25) is 6.04 Å². The first-order valence-corrected chi connectivity index (χ1v) is 8.95. The molecule has 0 aliphatic carbocycles. The number of rotatable bonds is 3. The molecule has 0 N–H and O–H groups in total. The molecule has 0 aromatic heterocycles. The summed E-state index contributed by atoms with van der Waals surface area (Å²) >= 11 is 0. The summed E-state index contributed by atoms with van der Waals surface area (Å²) in [7, 11) is 1.31. The third kappa shape index (κ3) is 1.66. The van der Waals surface area contributed by atoms with E-state index in [1.165, 1.54) is 67.0 Å². The first-order chi connectivity index (χ1) is 9.88. The van der Waals surface area contributed by atoms with E-state index in [-0.39, 0.29) is 0 Å². The second-order valence-electron chi connectivity index (χ2n) is 5.68. The van der Waals surface area contributed by atoms with Gasteiger partial charge in [-0.15, -0.1) is 0 Å². The van der Waals surface area contributed by atoms with Gasteiger partial charge in [-0.05, 0) is 44.3 Å². The average molecular weight is 274 g/mol. The monoisotopic (exact) mass is 274 g/mol. The maximum Gasteiger partial charge on any atom is 0.00281 e. The van der Waals surface area contributed by atoms with Crippen LogP contribution >= 0.6 is 0 Å². The van der Waals surface area contributed by atoms with Crippen molar-refractivity contribution in [3.63, 3.8) is 0 Å². The second kappa shape index (κ2) is 4.60. The Kier molecular flexibility index (Phi) is 2.74. The second-order valence-corrected chi connectivity index (χ2v) is 6.68. The summed E-state index contributed by atoms with van der Waals surface area (Å²) in [4.78, 5) is 0. The fourth-order valence-electron chi connectivity index (χ4n) is 3.38. The van der Waals surface area contributed by atoms with Crippen molar-refractivity contribution in [2.24, 2.45) is 0 Å². The van der Waals surface area contributed by atoms with E-state index < -0.39 is 0 Å². The average Bonchev–Trinajstić information content (AvgIpc) is 2.51. The maximum atomic E-state index is 2.33. The highest BCUT2D eigenvalue weighted by Crippen LogP contribution is 2.36. The lowest BCUT2D eigenvalue weighted by Crippen LogP contribution is -1.90. The molecule has 0 atom stereocenters. The molecule has 0 saturated heterocycles. The molecular weight excluding hydrogens is 256 g/mol. The van der Waals surface area contributed by atoms with Gasteiger partial charge in [0.15, 0.2) is 0 Å². The topological polar surface area (TPSA) is 0 Å². The lowest BCUT2D eigenvalue weighted by atomic mass is 9.91. The predicted molar refractivity (Wildman–Crippen MR) is 93.2 cm³/mol. The van der Waals surface area contributed by atoms with Gasteiger partial charge >= 0.3 is 0 Å². The van der Waals surface area contributed by atoms with Crippen LogP contribution in [-0.2, 0) is 6.42 Å². The van der Waals surface area contributed by atoms with Crippen molar-refractivity contribution in [3.8, 4) is 0 Å². The molecule has 20 heavy (non-hydrogen) atoms. The van der Waals surface area contributed by atoms with Crippen LogP contribution in [0, 0.1) is 0 Å². The fourth-order valence-corrected chi connectivity index (χ4v) is 3.73. The zero-order chi connectivity index (χ0) is 13.5. The summed E-state index contributed by atoms with van der Waals surface area (Å²) in [5.41, 5.74) is 1.52. The van der Waals surface area contributed by atoms with Gasteiger partial charge in [-0.1, -0.05) is 67.1 Å².